The van der Waals surface area contributed by atoms with Crippen molar-refractivity contribution in [2.24, 2.45) is 0 Å². The second-order valence-corrected chi connectivity index (χ2v) is 29.0. The Hall–Kier alpha value is -8.66. The number of unbranched alkanes of at least 4 members (excludes halogenated alkanes) is 1. The molecule has 3 aromatic rings. The van der Waals surface area contributed by atoms with Gasteiger partial charge in [-0.3, -0.25) is 33.6 Å². The number of hydrogen-bond acceptors (Lipinski definition) is 40. The maximum absolute atomic E-state index is 13.8. The normalized spacial score (nSPS) is 19.7. The molecule has 50 nitrogen and oxygen atoms in total. The number of aromatic nitrogens is 6. The Kier molecular flexibility index (Phi) is 55.5. The molecule has 1 aromatic carbocycles. The van der Waals surface area contributed by atoms with Crippen LogP contribution in [0.5, 0.6) is 5.75 Å². The predicted molar refractivity (Wildman–Crippen MR) is 427 cm³/mol. The van der Waals surface area contributed by atoms with Crippen LogP contribution in [-0.2, 0) is 145 Å². The summed E-state index contributed by atoms with van der Waals surface area (Å²) < 4.78 is 163. The van der Waals surface area contributed by atoms with Crippen LogP contribution in [0.25, 0.3) is 0 Å². The number of carboxylic acids is 2. The third kappa shape index (κ3) is 42.1. The Bertz CT molecular complexity index is 3850. The van der Waals surface area contributed by atoms with Crippen LogP contribution in [0.1, 0.15) is 75.6 Å². The number of rotatable bonds is 75. The second kappa shape index (κ2) is 64.3. The van der Waals surface area contributed by atoms with Gasteiger partial charge in [-0.15, -0.1) is 10.2 Å². The van der Waals surface area contributed by atoms with Crippen molar-refractivity contribution >= 4 is 53.4 Å². The van der Waals surface area contributed by atoms with E-state index in [4.69, 9.17) is 86.0 Å². The Morgan fingerprint density at radius 1 is 0.432 bits per heavy atom. The molecule has 13 atom stereocenters. The van der Waals surface area contributed by atoms with Crippen molar-refractivity contribution in [1.82, 2.24) is 61.9 Å². The molecule has 0 saturated carbocycles. The van der Waals surface area contributed by atoms with Gasteiger partial charge in [-0.1, -0.05) is 10.4 Å². The highest BCUT2D eigenvalue weighted by atomic mass is 19.2. The SMILES string of the molecule is O=C(CCOCCOCCn1cc(COCCOCCOC2(C(=O)O)CC(O)C(NC(=O)CO)C([C@@H](O)[C@@H](O)CO)O2)nn1)NCCCC[C@@H](NC(=O)CCCNC(=O)CCOCCOCCn1cc(COCCOCCOC2(C(=O)O)CC(O)C(NC(=O)CO)C([C@@H](O)[C@@H](O)CO)O2)nn1)C(=O)NCCOCCOCCOCCOCCC(=O)Oc1c(F)c(F)c(F)c(F)c1F. The van der Waals surface area contributed by atoms with E-state index in [0.717, 1.165) is 0 Å². The smallest absolute Gasteiger partial charge is 0.364 e. The third-order valence-corrected chi connectivity index (χ3v) is 19.0. The van der Waals surface area contributed by atoms with E-state index in [1.54, 1.807) is 12.4 Å². The number of carbonyl (C=O) groups is 9. The molecule has 2 aliphatic heterocycles. The van der Waals surface area contributed by atoms with Gasteiger partial charge < -0.3 is 174 Å². The van der Waals surface area contributed by atoms with E-state index < -0.39 is 214 Å². The summed E-state index contributed by atoms with van der Waals surface area (Å²) in [7, 11) is 0. The first-order valence-electron chi connectivity index (χ1n) is 42.2. The van der Waals surface area contributed by atoms with Crippen LogP contribution in [0, 0.1) is 29.1 Å². The van der Waals surface area contributed by atoms with Gasteiger partial charge in [0.1, 0.15) is 67.3 Å². The molecule has 55 heteroatoms. The van der Waals surface area contributed by atoms with E-state index >= 15 is 0 Å². The molecule has 0 bridgehead atoms. The lowest BCUT2D eigenvalue weighted by Gasteiger charge is -2.46. The van der Waals surface area contributed by atoms with E-state index in [0.29, 0.717) is 37.3 Å². The number of benzene rings is 1. The number of carboxylic acid groups (broad SMARTS) is 2. The number of ether oxygens (including phenoxy) is 17. The third-order valence-electron chi connectivity index (χ3n) is 19.0. The summed E-state index contributed by atoms with van der Waals surface area (Å²) >= 11 is 0. The van der Waals surface area contributed by atoms with E-state index in [1.807, 2.05) is 0 Å². The first-order valence-corrected chi connectivity index (χ1v) is 42.2. The predicted octanol–water partition coefficient (Wildman–Crippen LogP) is -7.70. The molecule has 2 fully saturated rings. The van der Waals surface area contributed by atoms with Gasteiger partial charge in [0, 0.05) is 51.7 Å². The molecule has 4 heterocycles. The number of aliphatic hydroxyl groups excluding tert-OH is 10. The van der Waals surface area contributed by atoms with Gasteiger partial charge in [0.05, 0.1) is 241 Å². The summed E-state index contributed by atoms with van der Waals surface area (Å²) in [5.74, 6) is -26.7. The van der Waals surface area contributed by atoms with Gasteiger partial charge in [0.25, 0.3) is 11.6 Å². The Morgan fingerprint density at radius 2 is 0.803 bits per heavy atom. The van der Waals surface area contributed by atoms with Crippen molar-refractivity contribution in [3.63, 3.8) is 0 Å². The first-order chi connectivity index (χ1) is 63.4. The highest BCUT2D eigenvalue weighted by Crippen LogP contribution is 2.36. The van der Waals surface area contributed by atoms with Crippen LogP contribution in [0.3, 0.4) is 0 Å². The van der Waals surface area contributed by atoms with Crippen LogP contribution in [0.15, 0.2) is 12.4 Å². The largest absolute Gasteiger partial charge is 0.477 e. The van der Waals surface area contributed by atoms with E-state index in [9.17, 15) is 116 Å². The second-order valence-electron chi connectivity index (χ2n) is 29.0. The number of esters is 1. The van der Waals surface area contributed by atoms with Crippen LogP contribution in [0.4, 0.5) is 22.0 Å². The van der Waals surface area contributed by atoms with Crippen LogP contribution in [-0.4, -0.2) is 428 Å². The van der Waals surface area contributed by atoms with Crippen molar-refractivity contribution in [3.05, 3.63) is 52.9 Å². The number of carbonyl (C=O) groups excluding carboxylic acids is 7. The molecule has 8 unspecified atom stereocenters. The van der Waals surface area contributed by atoms with Gasteiger partial charge >= 0.3 is 17.9 Å². The Labute approximate surface area is 752 Å². The lowest BCUT2D eigenvalue weighted by molar-refractivity contribution is -0.313. The zero-order chi connectivity index (χ0) is 96.6. The lowest BCUT2D eigenvalue weighted by atomic mass is 9.88. The summed E-state index contributed by atoms with van der Waals surface area (Å²) in [5.41, 5.74) is 0.974. The number of aliphatic carboxylic acids is 2. The zero-order valence-corrected chi connectivity index (χ0v) is 72.4. The van der Waals surface area contributed by atoms with E-state index in [2.05, 4.69) is 57.3 Å². The van der Waals surface area contributed by atoms with Crippen molar-refractivity contribution in [2.75, 3.05) is 205 Å². The monoisotopic (exact) mass is 1920 g/mol. The van der Waals surface area contributed by atoms with Gasteiger partial charge in [0.15, 0.2) is 0 Å². The maximum Gasteiger partial charge on any atom is 0.364 e. The lowest BCUT2D eigenvalue weighted by Crippen LogP contribution is -2.68. The van der Waals surface area contributed by atoms with E-state index in [-0.39, 0.29) is 222 Å². The molecule has 5 rings (SSSR count). The van der Waals surface area contributed by atoms with Crippen LogP contribution < -0.4 is 36.6 Å². The van der Waals surface area contributed by atoms with Crippen molar-refractivity contribution in [3.8, 4) is 5.75 Å². The van der Waals surface area contributed by atoms with E-state index in [1.165, 1.54) is 9.36 Å². The number of nitrogens with zero attached hydrogens (tertiary/aromatic N) is 6. The minimum absolute atomic E-state index is 0.0159. The van der Waals surface area contributed by atoms with Gasteiger partial charge in [-0.2, -0.15) is 8.78 Å². The Balaban J connectivity index is 0.904. The average molecular weight is 1920 g/mol. The van der Waals surface area contributed by atoms with Gasteiger partial charge in [0.2, 0.25) is 70.3 Å². The van der Waals surface area contributed by atoms with Gasteiger partial charge in [-0.25, -0.2) is 32.1 Å². The molecule has 0 radical (unpaired) electrons. The fourth-order valence-corrected chi connectivity index (χ4v) is 12.2. The topological polar surface area (TPSA) is 687 Å². The minimum atomic E-state index is -2.56. The highest BCUT2D eigenvalue weighted by Gasteiger charge is 2.57. The standard InChI is InChI=1S/C77H121F5N12O38/c78-61-62(79)64(81)70(65(82)63(61)80)130-60(108)8-16-118-22-26-122-28-29-123-27-23-119-17-11-85-73(111)50(4-1-2-9-83-55(103)6-14-116-20-24-120-18-12-93-40-48(89-91-93)46-126-32-30-124-34-36-128-76(74(112)113)38-51(99)66(87-58(106)44-97)71(131-76)68(109)53(101)42-95)86-57(105)5-3-10-84-56(104)7-15-117-21-25-121-19-13-94-41-49(90-92-94)47-127-33-31-125-35-37-129-77(75(114)115)39-52(100)67(88-59(107)45-98)72(132-77)69(110)54(102)43-96/h40-41,50-54,66-69,71-72,95-102,109-110H,1-39,42-47H2,(H,83,103)(H,84,104)(H,85,111)(H,86,105)(H,87,106)(H,88,107)(H,112,113)(H,114,115)/t50-,51?,52?,53+,54+,66?,67?,68+,69+,71?,72?,76?,77?/m1/s1. The maximum atomic E-state index is 13.8. The highest BCUT2D eigenvalue weighted by molar-refractivity contribution is 5.87. The quantitative estimate of drug-likeness (QED) is 0.00623. The molecule has 2 saturated heterocycles. The average Bonchev–Trinajstić information content (AvgIpc) is 1.04. The van der Waals surface area contributed by atoms with Crippen molar-refractivity contribution in [1.29, 1.82) is 0 Å². The number of amides is 6. The fourth-order valence-electron chi connectivity index (χ4n) is 12.2. The first kappa shape index (κ1) is 114. The molecule has 752 valence electrons. The van der Waals surface area contributed by atoms with Crippen molar-refractivity contribution in [2.45, 2.75) is 169 Å². The molecule has 6 amide bonds. The van der Waals surface area contributed by atoms with Crippen LogP contribution in [0.2, 0.25) is 0 Å². The molecule has 0 spiro atoms. The molecular weight excluding hydrogens is 1800 g/mol. The minimum Gasteiger partial charge on any atom is -0.477 e. The molecule has 2 aliphatic rings. The molecular formula is C77H121F5N12O38. The summed E-state index contributed by atoms with van der Waals surface area (Å²) in [6, 6.07) is -3.98. The van der Waals surface area contributed by atoms with Crippen LogP contribution >= 0.6 is 0 Å². The number of nitrogens with one attached hydrogen (secondary N) is 6. The number of aliphatic hydroxyl groups is 10. The summed E-state index contributed by atoms with van der Waals surface area (Å²) in [6.45, 7) is -2.01. The van der Waals surface area contributed by atoms with Gasteiger partial charge in [-0.05, 0) is 25.7 Å². The molecule has 0 aliphatic carbocycles. The summed E-state index contributed by atoms with van der Waals surface area (Å²) in [5, 5.41) is 151. The molecule has 132 heavy (non-hydrogen) atoms. The summed E-state index contributed by atoms with van der Waals surface area (Å²) in [6.07, 6.45) is -12.2. The number of hydrogen-bond donors (Lipinski definition) is 18. The molecule has 18 N–H and O–H groups in total. The molecule has 2 aromatic heterocycles. The fraction of sp³-hybridized carbons (Fsp3) is 0.753. The Morgan fingerprint density at radius 3 is 1.21 bits per heavy atom. The summed E-state index contributed by atoms with van der Waals surface area (Å²) in [4.78, 5) is 112. The number of halogens is 5. The van der Waals surface area contributed by atoms with Crippen molar-refractivity contribution < 1.29 is 207 Å². The zero-order valence-electron chi connectivity index (χ0n) is 72.4.